The fourth-order valence-electron chi connectivity index (χ4n) is 3.77. The van der Waals surface area contributed by atoms with Crippen LogP contribution in [0.1, 0.15) is 48.9 Å². The van der Waals surface area contributed by atoms with E-state index in [1.807, 2.05) is 0 Å². The number of nitrogens with one attached hydrogen (secondary N) is 1. The number of nitrogens with two attached hydrogens (primary N) is 1. The summed E-state index contributed by atoms with van der Waals surface area (Å²) in [5.41, 5.74) is 5.93. The number of sulfonamides is 1. The van der Waals surface area contributed by atoms with Gasteiger partial charge in [0.1, 0.15) is 4.90 Å². The first kappa shape index (κ1) is 20.6. The number of anilines is 1. The molecule has 1 aromatic rings. The Morgan fingerprint density at radius 2 is 1.57 bits per heavy atom. The summed E-state index contributed by atoms with van der Waals surface area (Å²) < 4.78 is 28.3. The van der Waals surface area contributed by atoms with Gasteiger partial charge in [-0.25, -0.2) is 8.42 Å². The van der Waals surface area contributed by atoms with E-state index in [9.17, 15) is 18.0 Å². The molecule has 1 aromatic carbocycles. The van der Waals surface area contributed by atoms with E-state index in [0.29, 0.717) is 18.8 Å². The highest BCUT2D eigenvalue weighted by Crippen LogP contribution is 2.32. The summed E-state index contributed by atoms with van der Waals surface area (Å²) in [6, 6.07) is 4.75. The Labute approximate surface area is 166 Å². The third-order valence-electron chi connectivity index (χ3n) is 5.27. The molecule has 2 aliphatic rings. The van der Waals surface area contributed by atoms with E-state index in [1.165, 1.54) is 10.4 Å². The molecule has 2 heterocycles. The van der Waals surface area contributed by atoms with Crippen molar-refractivity contribution in [1.29, 1.82) is 0 Å². The van der Waals surface area contributed by atoms with Crippen molar-refractivity contribution in [2.24, 2.45) is 5.73 Å². The van der Waals surface area contributed by atoms with E-state index in [2.05, 4.69) is 10.2 Å². The lowest BCUT2D eigenvalue weighted by Crippen LogP contribution is -2.38. The standard InChI is InChI=1S/C19H28N4O4S/c20-18(24)14-21-19(25)15-7-8-16(22-9-3-1-4-10-22)17(13-15)28(26,27)23-11-5-2-6-12-23/h7-8,13H,1-6,9-12,14H2,(H2,20,24)(H,21,25). The van der Waals surface area contributed by atoms with Gasteiger partial charge < -0.3 is 16.0 Å². The maximum Gasteiger partial charge on any atom is 0.251 e. The van der Waals surface area contributed by atoms with Crippen molar-refractivity contribution in [2.45, 2.75) is 43.4 Å². The van der Waals surface area contributed by atoms with Crippen molar-refractivity contribution >= 4 is 27.5 Å². The summed E-state index contributed by atoms with van der Waals surface area (Å²) >= 11 is 0. The highest BCUT2D eigenvalue weighted by molar-refractivity contribution is 7.89. The molecule has 28 heavy (non-hydrogen) atoms. The van der Waals surface area contributed by atoms with Crippen LogP contribution >= 0.6 is 0 Å². The summed E-state index contributed by atoms with van der Waals surface area (Å²) in [7, 11) is -3.71. The molecule has 0 aromatic heterocycles. The zero-order valence-electron chi connectivity index (χ0n) is 16.0. The number of rotatable bonds is 6. The molecule has 2 fully saturated rings. The minimum absolute atomic E-state index is 0.169. The smallest absolute Gasteiger partial charge is 0.251 e. The molecule has 3 rings (SSSR count). The second-order valence-electron chi connectivity index (χ2n) is 7.34. The molecule has 2 saturated heterocycles. The van der Waals surface area contributed by atoms with E-state index < -0.39 is 21.8 Å². The minimum Gasteiger partial charge on any atom is -0.370 e. The number of hydrogen-bond acceptors (Lipinski definition) is 5. The van der Waals surface area contributed by atoms with Crippen LogP contribution in [0.25, 0.3) is 0 Å². The molecule has 3 N–H and O–H groups in total. The van der Waals surface area contributed by atoms with Crippen LogP contribution in [-0.4, -0.2) is 57.3 Å². The van der Waals surface area contributed by atoms with E-state index in [4.69, 9.17) is 5.73 Å². The molecule has 154 valence electrons. The highest BCUT2D eigenvalue weighted by atomic mass is 32.2. The zero-order chi connectivity index (χ0) is 20.1. The van der Waals surface area contributed by atoms with E-state index >= 15 is 0 Å². The molecular weight excluding hydrogens is 380 g/mol. The molecule has 0 unspecified atom stereocenters. The lowest BCUT2D eigenvalue weighted by molar-refractivity contribution is -0.117. The largest absolute Gasteiger partial charge is 0.370 e. The second kappa shape index (κ2) is 8.91. The van der Waals surface area contributed by atoms with Gasteiger partial charge in [0.15, 0.2) is 0 Å². The van der Waals surface area contributed by atoms with Crippen LogP contribution < -0.4 is 16.0 Å². The van der Waals surface area contributed by atoms with Crippen LogP contribution in [0.4, 0.5) is 5.69 Å². The van der Waals surface area contributed by atoms with Crippen LogP contribution in [0.15, 0.2) is 23.1 Å². The topological polar surface area (TPSA) is 113 Å². The van der Waals surface area contributed by atoms with Gasteiger partial charge in [-0.1, -0.05) is 6.42 Å². The van der Waals surface area contributed by atoms with Crippen molar-refractivity contribution in [1.82, 2.24) is 9.62 Å². The molecule has 0 spiro atoms. The average Bonchev–Trinajstić information content (AvgIpc) is 2.72. The Morgan fingerprint density at radius 3 is 2.18 bits per heavy atom. The first-order valence-corrected chi connectivity index (χ1v) is 11.3. The number of carbonyl (C=O) groups excluding carboxylic acids is 2. The van der Waals surface area contributed by atoms with Crippen LogP contribution in [0.2, 0.25) is 0 Å². The first-order chi connectivity index (χ1) is 13.4. The van der Waals surface area contributed by atoms with Crippen LogP contribution in [-0.2, 0) is 14.8 Å². The fraction of sp³-hybridized carbons (Fsp3) is 0.579. The Bertz CT molecular complexity index is 828. The van der Waals surface area contributed by atoms with Crippen LogP contribution in [0.3, 0.4) is 0 Å². The Morgan fingerprint density at radius 1 is 0.964 bits per heavy atom. The van der Waals surface area contributed by atoms with Gasteiger partial charge in [0.25, 0.3) is 5.91 Å². The molecule has 0 radical (unpaired) electrons. The average molecular weight is 409 g/mol. The molecule has 2 amide bonds. The van der Waals surface area contributed by atoms with Crippen molar-refractivity contribution in [3.05, 3.63) is 23.8 Å². The van der Waals surface area contributed by atoms with Gasteiger partial charge in [0.2, 0.25) is 15.9 Å². The number of hydrogen-bond donors (Lipinski definition) is 2. The summed E-state index contributed by atoms with van der Waals surface area (Å²) in [6.45, 7) is 2.31. The third-order valence-corrected chi connectivity index (χ3v) is 7.20. The Balaban J connectivity index is 1.98. The maximum absolute atomic E-state index is 13.4. The van der Waals surface area contributed by atoms with E-state index in [0.717, 1.165) is 51.6 Å². The Hall–Kier alpha value is -2.13. The number of benzene rings is 1. The lowest BCUT2D eigenvalue weighted by Gasteiger charge is -2.33. The summed E-state index contributed by atoms with van der Waals surface area (Å²) in [5, 5.41) is 2.42. The van der Waals surface area contributed by atoms with Crippen molar-refractivity contribution < 1.29 is 18.0 Å². The number of carbonyl (C=O) groups is 2. The normalized spacial score (nSPS) is 18.6. The molecule has 9 heteroatoms. The maximum atomic E-state index is 13.4. The zero-order valence-corrected chi connectivity index (χ0v) is 16.8. The second-order valence-corrected chi connectivity index (χ2v) is 9.25. The van der Waals surface area contributed by atoms with Gasteiger partial charge in [-0.15, -0.1) is 0 Å². The third kappa shape index (κ3) is 4.64. The SMILES string of the molecule is NC(=O)CNC(=O)c1ccc(N2CCCCC2)c(S(=O)(=O)N2CCCCC2)c1. The Kier molecular flexibility index (Phi) is 6.56. The molecular formula is C19H28N4O4S. The van der Waals surface area contributed by atoms with Crippen molar-refractivity contribution in [2.75, 3.05) is 37.6 Å². The number of primary amides is 1. The van der Waals surface area contributed by atoms with Crippen molar-refractivity contribution in [3.63, 3.8) is 0 Å². The van der Waals surface area contributed by atoms with E-state index in [-0.39, 0.29) is 17.0 Å². The predicted octanol–water partition coefficient (Wildman–Crippen LogP) is 1.07. The molecule has 0 bridgehead atoms. The number of piperidine rings is 2. The summed E-state index contributed by atoms with van der Waals surface area (Å²) in [5.74, 6) is -1.17. The van der Waals surface area contributed by atoms with Crippen LogP contribution in [0.5, 0.6) is 0 Å². The first-order valence-electron chi connectivity index (χ1n) is 9.85. The fourth-order valence-corrected chi connectivity index (χ4v) is 5.53. The molecule has 0 aliphatic carbocycles. The monoisotopic (exact) mass is 408 g/mol. The van der Waals surface area contributed by atoms with Gasteiger partial charge in [-0.3, -0.25) is 9.59 Å². The quantitative estimate of drug-likeness (QED) is 0.731. The number of amides is 2. The molecule has 0 atom stereocenters. The number of nitrogens with zero attached hydrogens (tertiary/aromatic N) is 2. The predicted molar refractivity (Wildman–Crippen MR) is 107 cm³/mol. The van der Waals surface area contributed by atoms with Crippen LogP contribution in [0, 0.1) is 0 Å². The van der Waals surface area contributed by atoms with Gasteiger partial charge in [0.05, 0.1) is 12.2 Å². The molecule has 0 saturated carbocycles. The highest BCUT2D eigenvalue weighted by Gasteiger charge is 2.31. The minimum atomic E-state index is -3.71. The van der Waals surface area contributed by atoms with Gasteiger partial charge in [0, 0.05) is 31.7 Å². The van der Waals surface area contributed by atoms with E-state index in [1.54, 1.807) is 12.1 Å². The van der Waals surface area contributed by atoms with Gasteiger partial charge in [-0.2, -0.15) is 4.31 Å². The van der Waals surface area contributed by atoms with Gasteiger partial charge >= 0.3 is 0 Å². The lowest BCUT2D eigenvalue weighted by atomic mass is 10.1. The van der Waals surface area contributed by atoms with Gasteiger partial charge in [-0.05, 0) is 50.3 Å². The molecule has 2 aliphatic heterocycles. The molecule has 8 nitrogen and oxygen atoms in total. The van der Waals surface area contributed by atoms with Crippen molar-refractivity contribution in [3.8, 4) is 0 Å². The summed E-state index contributed by atoms with van der Waals surface area (Å²) in [6.07, 6.45) is 5.89. The summed E-state index contributed by atoms with van der Waals surface area (Å²) in [4.78, 5) is 25.5.